The monoisotopic (exact) mass is 324 g/mol. The second-order valence-electron chi connectivity index (χ2n) is 6.52. The molecule has 0 bridgehead atoms. The minimum atomic E-state index is -3.58. The summed E-state index contributed by atoms with van der Waals surface area (Å²) in [5, 5.41) is -0.441. The van der Waals surface area contributed by atoms with Crippen LogP contribution in [0.3, 0.4) is 0 Å². The van der Waals surface area contributed by atoms with E-state index in [4.69, 9.17) is 8.92 Å². The molecule has 1 aliphatic heterocycles. The van der Waals surface area contributed by atoms with Crippen molar-refractivity contribution in [3.05, 3.63) is 29.8 Å². The molecule has 1 heterocycles. The SMILES string of the molecule is CCC(C)c1ccc(OS(=O)(=O)C2CCC3COC3C2)cc1. The number of rotatable bonds is 5. The third-order valence-electron chi connectivity index (χ3n) is 5.09. The Morgan fingerprint density at radius 1 is 1.27 bits per heavy atom. The number of fused-ring (bicyclic) bond motifs is 1. The highest BCUT2D eigenvalue weighted by molar-refractivity contribution is 7.87. The summed E-state index contributed by atoms with van der Waals surface area (Å²) in [6.45, 7) is 5.08. The third kappa shape index (κ3) is 3.15. The van der Waals surface area contributed by atoms with Crippen molar-refractivity contribution < 1.29 is 17.3 Å². The first-order chi connectivity index (χ1) is 10.5. The summed E-state index contributed by atoms with van der Waals surface area (Å²) >= 11 is 0. The molecule has 0 radical (unpaired) electrons. The van der Waals surface area contributed by atoms with Gasteiger partial charge in [-0.2, -0.15) is 8.42 Å². The van der Waals surface area contributed by atoms with Crippen molar-refractivity contribution in [3.63, 3.8) is 0 Å². The Hall–Kier alpha value is -1.07. The van der Waals surface area contributed by atoms with Gasteiger partial charge >= 0.3 is 10.1 Å². The molecule has 2 fully saturated rings. The van der Waals surface area contributed by atoms with E-state index >= 15 is 0 Å². The van der Waals surface area contributed by atoms with Gasteiger partial charge < -0.3 is 8.92 Å². The minimum absolute atomic E-state index is 0.116. The molecule has 1 saturated heterocycles. The molecule has 4 unspecified atom stereocenters. The van der Waals surface area contributed by atoms with Crippen molar-refractivity contribution in [2.45, 2.75) is 56.8 Å². The normalized spacial score (nSPS) is 29.3. The van der Waals surface area contributed by atoms with Crippen LogP contribution in [0.5, 0.6) is 5.75 Å². The molecular formula is C17H24O4S. The molecule has 1 aromatic rings. The fraction of sp³-hybridized carbons (Fsp3) is 0.647. The smallest absolute Gasteiger partial charge is 0.312 e. The zero-order chi connectivity index (χ0) is 15.7. The number of ether oxygens (including phenoxy) is 1. The number of hydrogen-bond donors (Lipinski definition) is 0. The first-order valence-corrected chi connectivity index (χ1v) is 9.61. The maximum Gasteiger partial charge on any atom is 0.312 e. The first-order valence-electron chi connectivity index (χ1n) is 8.14. The molecule has 0 aromatic heterocycles. The van der Waals surface area contributed by atoms with Crippen molar-refractivity contribution >= 4 is 10.1 Å². The summed E-state index contributed by atoms with van der Waals surface area (Å²) in [6, 6.07) is 7.41. The van der Waals surface area contributed by atoms with Crippen LogP contribution in [0.25, 0.3) is 0 Å². The molecule has 4 nitrogen and oxygen atoms in total. The lowest BCUT2D eigenvalue weighted by atomic mass is 9.83. The Bertz CT molecular complexity index is 608. The molecule has 1 saturated carbocycles. The Morgan fingerprint density at radius 2 is 2.00 bits per heavy atom. The number of benzene rings is 1. The van der Waals surface area contributed by atoms with E-state index < -0.39 is 15.4 Å². The lowest BCUT2D eigenvalue weighted by molar-refractivity contribution is -0.132. The first kappa shape index (κ1) is 15.8. The molecule has 3 rings (SSSR count). The van der Waals surface area contributed by atoms with Gasteiger partial charge in [-0.3, -0.25) is 0 Å². The summed E-state index contributed by atoms with van der Waals surface area (Å²) in [5.41, 5.74) is 1.20. The highest BCUT2D eigenvalue weighted by atomic mass is 32.2. The van der Waals surface area contributed by atoms with Crippen LogP contribution in [0.2, 0.25) is 0 Å². The molecule has 0 N–H and O–H groups in total. The largest absolute Gasteiger partial charge is 0.382 e. The van der Waals surface area contributed by atoms with Crippen LogP contribution in [0.4, 0.5) is 0 Å². The molecule has 22 heavy (non-hydrogen) atoms. The van der Waals surface area contributed by atoms with Crippen LogP contribution >= 0.6 is 0 Å². The van der Waals surface area contributed by atoms with Gasteiger partial charge in [0, 0.05) is 5.92 Å². The highest BCUT2D eigenvalue weighted by Gasteiger charge is 2.43. The molecule has 0 spiro atoms. The van der Waals surface area contributed by atoms with Crippen molar-refractivity contribution in [1.29, 1.82) is 0 Å². The summed E-state index contributed by atoms with van der Waals surface area (Å²) in [4.78, 5) is 0. The van der Waals surface area contributed by atoms with Crippen molar-refractivity contribution in [1.82, 2.24) is 0 Å². The molecular weight excluding hydrogens is 300 g/mol. The lowest BCUT2D eigenvalue weighted by Crippen LogP contribution is -2.48. The van der Waals surface area contributed by atoms with Crippen LogP contribution < -0.4 is 4.18 Å². The topological polar surface area (TPSA) is 52.6 Å². The van der Waals surface area contributed by atoms with Gasteiger partial charge in [-0.05, 0) is 49.3 Å². The zero-order valence-corrected chi connectivity index (χ0v) is 14.0. The van der Waals surface area contributed by atoms with Crippen LogP contribution in [0.15, 0.2) is 24.3 Å². The van der Waals surface area contributed by atoms with E-state index in [9.17, 15) is 8.42 Å². The Morgan fingerprint density at radius 3 is 2.55 bits per heavy atom. The van der Waals surface area contributed by atoms with Crippen molar-refractivity contribution in [3.8, 4) is 5.75 Å². The van der Waals surface area contributed by atoms with E-state index in [1.807, 2.05) is 12.1 Å². The van der Waals surface area contributed by atoms with Crippen LogP contribution in [-0.4, -0.2) is 26.4 Å². The van der Waals surface area contributed by atoms with Gasteiger partial charge in [0.25, 0.3) is 0 Å². The van der Waals surface area contributed by atoms with E-state index in [2.05, 4.69) is 13.8 Å². The third-order valence-corrected chi connectivity index (χ3v) is 6.76. The summed E-state index contributed by atoms with van der Waals surface area (Å²) in [6.07, 6.45) is 3.34. The molecule has 1 aromatic carbocycles. The van der Waals surface area contributed by atoms with Gasteiger partial charge in [0.2, 0.25) is 0 Å². The lowest BCUT2D eigenvalue weighted by Gasteiger charge is -2.42. The van der Waals surface area contributed by atoms with Crippen LogP contribution in [0.1, 0.15) is 51.0 Å². The predicted molar refractivity (Wildman–Crippen MR) is 85.6 cm³/mol. The molecule has 122 valence electrons. The Balaban J connectivity index is 1.66. The van der Waals surface area contributed by atoms with E-state index in [1.54, 1.807) is 12.1 Å². The van der Waals surface area contributed by atoms with E-state index in [-0.39, 0.29) is 6.10 Å². The molecule has 1 aliphatic carbocycles. The fourth-order valence-electron chi connectivity index (χ4n) is 3.23. The van der Waals surface area contributed by atoms with E-state index in [0.717, 1.165) is 19.4 Å². The van der Waals surface area contributed by atoms with Crippen molar-refractivity contribution in [2.75, 3.05) is 6.61 Å². The van der Waals surface area contributed by atoms with Crippen LogP contribution in [0, 0.1) is 5.92 Å². The van der Waals surface area contributed by atoms with Crippen molar-refractivity contribution in [2.24, 2.45) is 5.92 Å². The summed E-state index contributed by atoms with van der Waals surface area (Å²) in [5.74, 6) is 1.43. The summed E-state index contributed by atoms with van der Waals surface area (Å²) in [7, 11) is -3.58. The second-order valence-corrected chi connectivity index (χ2v) is 8.34. The maximum absolute atomic E-state index is 12.4. The number of hydrogen-bond acceptors (Lipinski definition) is 4. The summed E-state index contributed by atoms with van der Waals surface area (Å²) < 4.78 is 35.6. The minimum Gasteiger partial charge on any atom is -0.382 e. The van der Waals surface area contributed by atoms with Gasteiger partial charge in [0.15, 0.2) is 0 Å². The van der Waals surface area contributed by atoms with E-state index in [0.29, 0.717) is 30.4 Å². The second kappa shape index (κ2) is 6.20. The fourth-order valence-corrected chi connectivity index (χ4v) is 4.59. The zero-order valence-electron chi connectivity index (χ0n) is 13.2. The van der Waals surface area contributed by atoms with Crippen LogP contribution in [-0.2, 0) is 14.9 Å². The average molecular weight is 324 g/mol. The van der Waals surface area contributed by atoms with Gasteiger partial charge in [-0.25, -0.2) is 0 Å². The average Bonchev–Trinajstić information content (AvgIpc) is 2.48. The standard InChI is InChI=1S/C17H24O4S/c1-3-12(2)13-4-7-15(8-5-13)21-22(18,19)16-9-6-14-11-20-17(14)10-16/h4-5,7-8,12,14,16-17H,3,6,9-11H2,1-2H3. The van der Waals surface area contributed by atoms with Gasteiger partial charge in [0.1, 0.15) is 5.75 Å². The Labute approximate surface area is 132 Å². The molecule has 2 aliphatic rings. The van der Waals surface area contributed by atoms with E-state index in [1.165, 1.54) is 5.56 Å². The molecule has 0 amide bonds. The van der Waals surface area contributed by atoms with Gasteiger partial charge in [-0.1, -0.05) is 26.0 Å². The quantitative estimate of drug-likeness (QED) is 0.778. The van der Waals surface area contributed by atoms with Gasteiger partial charge in [0.05, 0.1) is 18.0 Å². The predicted octanol–water partition coefficient (Wildman–Crippen LogP) is 3.48. The Kier molecular flexibility index (Phi) is 4.46. The molecule has 5 heteroatoms. The molecule has 4 atom stereocenters. The van der Waals surface area contributed by atoms with Gasteiger partial charge in [-0.15, -0.1) is 0 Å². The maximum atomic E-state index is 12.4. The highest BCUT2D eigenvalue weighted by Crippen LogP contribution is 2.37.